The quantitative estimate of drug-likeness (QED) is 0.830. The number of aryl methyl sites for hydroxylation is 1. The van der Waals surface area contributed by atoms with Crippen LogP contribution in [-0.4, -0.2) is 27.7 Å². The first kappa shape index (κ1) is 15.1. The van der Waals surface area contributed by atoms with Gasteiger partial charge in [-0.2, -0.15) is 0 Å². The Kier molecular flexibility index (Phi) is 4.94. The van der Waals surface area contributed by atoms with Crippen LogP contribution in [0.5, 0.6) is 0 Å². The van der Waals surface area contributed by atoms with Crippen LogP contribution >= 0.6 is 11.8 Å². The summed E-state index contributed by atoms with van der Waals surface area (Å²) >= 11 is 1.42. The SMILES string of the molecule is Cc1ccc(SCC(=O)Nc2cncc(C(=O)O)c2)cc1. The molecule has 0 radical (unpaired) electrons. The van der Waals surface area contributed by atoms with Gasteiger partial charge in [-0.3, -0.25) is 9.78 Å². The molecule has 0 unspecified atom stereocenters. The lowest BCUT2D eigenvalue weighted by Crippen LogP contribution is -2.14. The number of pyridine rings is 1. The average Bonchev–Trinajstić information content (AvgIpc) is 2.47. The molecule has 0 aliphatic carbocycles. The van der Waals surface area contributed by atoms with E-state index in [1.807, 2.05) is 31.2 Å². The molecule has 1 heterocycles. The van der Waals surface area contributed by atoms with Gasteiger partial charge in [0.1, 0.15) is 0 Å². The molecule has 1 amide bonds. The van der Waals surface area contributed by atoms with Gasteiger partial charge in [0.25, 0.3) is 0 Å². The summed E-state index contributed by atoms with van der Waals surface area (Å²) in [6.45, 7) is 2.00. The standard InChI is InChI=1S/C15H14N2O3S/c1-10-2-4-13(5-3-10)21-9-14(18)17-12-6-11(15(19)20)7-16-8-12/h2-8H,9H2,1H3,(H,17,18)(H,19,20). The fourth-order valence-electron chi connectivity index (χ4n) is 1.61. The van der Waals surface area contributed by atoms with E-state index in [9.17, 15) is 9.59 Å². The molecule has 0 spiro atoms. The van der Waals surface area contributed by atoms with E-state index >= 15 is 0 Å². The molecule has 0 aliphatic heterocycles. The summed E-state index contributed by atoms with van der Waals surface area (Å²) in [5.74, 6) is -1.03. The molecule has 108 valence electrons. The lowest BCUT2D eigenvalue weighted by atomic mass is 10.2. The Labute approximate surface area is 126 Å². The third-order valence-electron chi connectivity index (χ3n) is 2.66. The van der Waals surface area contributed by atoms with Gasteiger partial charge in [-0.1, -0.05) is 17.7 Å². The lowest BCUT2D eigenvalue weighted by molar-refractivity contribution is -0.113. The summed E-state index contributed by atoms with van der Waals surface area (Å²) in [4.78, 5) is 27.4. The first-order valence-corrected chi connectivity index (χ1v) is 7.21. The number of aromatic carboxylic acids is 1. The van der Waals surface area contributed by atoms with Gasteiger partial charge in [0.15, 0.2) is 0 Å². The summed E-state index contributed by atoms with van der Waals surface area (Å²) in [5, 5.41) is 11.5. The largest absolute Gasteiger partial charge is 0.478 e. The van der Waals surface area contributed by atoms with Crippen molar-refractivity contribution in [2.75, 3.05) is 11.1 Å². The number of amides is 1. The van der Waals surface area contributed by atoms with Crippen molar-refractivity contribution in [3.8, 4) is 0 Å². The number of hydrogen-bond donors (Lipinski definition) is 2. The zero-order chi connectivity index (χ0) is 15.2. The molecule has 2 rings (SSSR count). The fraction of sp³-hybridized carbons (Fsp3) is 0.133. The molecule has 2 aromatic rings. The van der Waals surface area contributed by atoms with Crippen LogP contribution in [0.4, 0.5) is 5.69 Å². The number of carbonyl (C=O) groups excluding carboxylic acids is 1. The van der Waals surface area contributed by atoms with Crippen LogP contribution in [0.15, 0.2) is 47.6 Å². The summed E-state index contributed by atoms with van der Waals surface area (Å²) < 4.78 is 0. The lowest BCUT2D eigenvalue weighted by Gasteiger charge is -2.05. The Morgan fingerprint density at radius 1 is 1.24 bits per heavy atom. The Hall–Kier alpha value is -2.34. The smallest absolute Gasteiger partial charge is 0.337 e. The average molecular weight is 302 g/mol. The third kappa shape index (κ3) is 4.61. The van der Waals surface area contributed by atoms with Gasteiger partial charge in [-0.05, 0) is 25.1 Å². The van der Waals surface area contributed by atoms with E-state index in [0.29, 0.717) is 5.69 Å². The van der Waals surface area contributed by atoms with Gasteiger partial charge in [0, 0.05) is 11.1 Å². The van der Waals surface area contributed by atoms with Crippen molar-refractivity contribution in [3.05, 3.63) is 53.9 Å². The van der Waals surface area contributed by atoms with E-state index < -0.39 is 5.97 Å². The Balaban J connectivity index is 1.91. The number of thioether (sulfide) groups is 1. The van der Waals surface area contributed by atoms with Crippen molar-refractivity contribution >= 4 is 29.3 Å². The highest BCUT2D eigenvalue weighted by atomic mass is 32.2. The van der Waals surface area contributed by atoms with Gasteiger partial charge in [-0.15, -0.1) is 11.8 Å². The minimum atomic E-state index is -1.08. The number of nitrogens with one attached hydrogen (secondary N) is 1. The Morgan fingerprint density at radius 2 is 1.95 bits per heavy atom. The number of carboxylic acid groups (broad SMARTS) is 1. The van der Waals surface area contributed by atoms with E-state index in [2.05, 4.69) is 10.3 Å². The first-order valence-electron chi connectivity index (χ1n) is 6.22. The molecule has 0 fully saturated rings. The summed E-state index contributed by atoms with van der Waals surface area (Å²) in [7, 11) is 0. The summed E-state index contributed by atoms with van der Waals surface area (Å²) in [6, 6.07) is 9.27. The van der Waals surface area contributed by atoms with Crippen LogP contribution in [0.25, 0.3) is 0 Å². The molecule has 0 saturated heterocycles. The number of rotatable bonds is 5. The van der Waals surface area contributed by atoms with E-state index in [4.69, 9.17) is 5.11 Å². The van der Waals surface area contributed by atoms with Crippen molar-refractivity contribution in [1.82, 2.24) is 4.98 Å². The molecule has 2 N–H and O–H groups in total. The molecular formula is C15H14N2O3S. The van der Waals surface area contributed by atoms with Gasteiger partial charge >= 0.3 is 5.97 Å². The molecule has 1 aromatic heterocycles. The number of benzene rings is 1. The zero-order valence-electron chi connectivity index (χ0n) is 11.4. The minimum Gasteiger partial charge on any atom is -0.478 e. The number of aromatic nitrogens is 1. The summed E-state index contributed by atoms with van der Waals surface area (Å²) in [5.41, 5.74) is 1.59. The predicted octanol–water partition coefficient (Wildman–Crippen LogP) is 2.82. The monoisotopic (exact) mass is 302 g/mol. The maximum Gasteiger partial charge on any atom is 0.337 e. The van der Waals surface area contributed by atoms with Gasteiger partial charge in [0.05, 0.1) is 23.2 Å². The van der Waals surface area contributed by atoms with Crippen molar-refractivity contribution in [1.29, 1.82) is 0 Å². The van der Waals surface area contributed by atoms with Crippen LogP contribution in [0, 0.1) is 6.92 Å². The number of anilines is 1. The number of nitrogens with zero attached hydrogens (tertiary/aromatic N) is 1. The van der Waals surface area contributed by atoms with Crippen molar-refractivity contribution in [3.63, 3.8) is 0 Å². The maximum atomic E-state index is 11.8. The number of hydrogen-bond acceptors (Lipinski definition) is 4. The van der Waals surface area contributed by atoms with Crippen molar-refractivity contribution < 1.29 is 14.7 Å². The van der Waals surface area contributed by atoms with Crippen LogP contribution in [0.2, 0.25) is 0 Å². The second-order valence-electron chi connectivity index (χ2n) is 4.42. The highest BCUT2D eigenvalue weighted by Gasteiger charge is 2.07. The van der Waals surface area contributed by atoms with Gasteiger partial charge in [0.2, 0.25) is 5.91 Å². The fourth-order valence-corrected chi connectivity index (χ4v) is 2.30. The Morgan fingerprint density at radius 3 is 2.62 bits per heavy atom. The molecule has 0 bridgehead atoms. The second-order valence-corrected chi connectivity index (χ2v) is 5.47. The third-order valence-corrected chi connectivity index (χ3v) is 3.67. The van der Waals surface area contributed by atoms with Gasteiger partial charge < -0.3 is 10.4 Å². The van der Waals surface area contributed by atoms with Crippen LogP contribution < -0.4 is 5.32 Å². The molecule has 21 heavy (non-hydrogen) atoms. The second kappa shape index (κ2) is 6.90. The number of carbonyl (C=O) groups is 2. The van der Waals surface area contributed by atoms with Crippen LogP contribution in [-0.2, 0) is 4.79 Å². The molecule has 6 heteroatoms. The van der Waals surface area contributed by atoms with E-state index in [1.165, 1.54) is 35.8 Å². The Bertz CT molecular complexity index is 656. The first-order chi connectivity index (χ1) is 10.0. The molecular weight excluding hydrogens is 288 g/mol. The normalized spacial score (nSPS) is 10.1. The molecule has 0 atom stereocenters. The summed E-state index contributed by atoms with van der Waals surface area (Å²) in [6.07, 6.45) is 2.65. The van der Waals surface area contributed by atoms with Crippen LogP contribution in [0.1, 0.15) is 15.9 Å². The van der Waals surface area contributed by atoms with Crippen LogP contribution in [0.3, 0.4) is 0 Å². The van der Waals surface area contributed by atoms with Crippen molar-refractivity contribution in [2.45, 2.75) is 11.8 Å². The zero-order valence-corrected chi connectivity index (χ0v) is 12.2. The molecule has 1 aromatic carbocycles. The highest BCUT2D eigenvalue weighted by molar-refractivity contribution is 8.00. The van der Waals surface area contributed by atoms with E-state index in [0.717, 1.165) is 4.90 Å². The van der Waals surface area contributed by atoms with E-state index in [1.54, 1.807) is 0 Å². The van der Waals surface area contributed by atoms with Crippen molar-refractivity contribution in [2.24, 2.45) is 0 Å². The topological polar surface area (TPSA) is 79.3 Å². The molecule has 0 aliphatic rings. The molecule has 5 nitrogen and oxygen atoms in total. The minimum absolute atomic E-state index is 0.0407. The predicted molar refractivity (Wildman–Crippen MR) is 81.7 cm³/mol. The molecule has 0 saturated carbocycles. The maximum absolute atomic E-state index is 11.8. The van der Waals surface area contributed by atoms with Gasteiger partial charge in [-0.25, -0.2) is 4.79 Å². The highest BCUT2D eigenvalue weighted by Crippen LogP contribution is 2.18. The van der Waals surface area contributed by atoms with E-state index in [-0.39, 0.29) is 17.2 Å². The number of carboxylic acids is 1.